The third-order valence-electron chi connectivity index (χ3n) is 8.47. The molecule has 10 heteroatoms. The van der Waals surface area contributed by atoms with Gasteiger partial charge in [0.2, 0.25) is 11.8 Å². The Kier molecular flexibility index (Phi) is 10.0. The summed E-state index contributed by atoms with van der Waals surface area (Å²) < 4.78 is 6.69. The van der Waals surface area contributed by atoms with E-state index in [0.717, 1.165) is 6.42 Å². The highest BCUT2D eigenvalue weighted by Crippen LogP contribution is 2.61. The summed E-state index contributed by atoms with van der Waals surface area (Å²) in [7, 11) is 0. The van der Waals surface area contributed by atoms with Crippen LogP contribution in [0.1, 0.15) is 40.0 Å². The van der Waals surface area contributed by atoms with Crippen LogP contribution in [0.4, 0.5) is 5.69 Å². The smallest absolute Gasteiger partial charge is 0.253 e. The fourth-order valence-electron chi connectivity index (χ4n) is 7.02. The Morgan fingerprint density at radius 1 is 1.24 bits per heavy atom. The number of fused-ring (bicyclic) bond motifs is 1. The SMILES string of the molecule is C=CCN(CCC)C(=O)[C@H]1[C@@H]2OC3(CC2Br)C(C(=O)N(CC=C)c2ccccc2Cl)N([C@@H](CO)CC(C)C)C(=O)[C@H]13. The summed E-state index contributed by atoms with van der Waals surface area (Å²) in [4.78, 5) is 47.9. The Hall–Kier alpha value is -2.20. The van der Waals surface area contributed by atoms with Crippen molar-refractivity contribution in [3.8, 4) is 0 Å². The van der Waals surface area contributed by atoms with Crippen LogP contribution in [0.5, 0.6) is 0 Å². The number of ether oxygens (including phenoxy) is 1. The maximum absolute atomic E-state index is 14.7. The minimum absolute atomic E-state index is 0.146. The average Bonchev–Trinajstić information content (AvgIpc) is 3.53. The van der Waals surface area contributed by atoms with E-state index in [0.29, 0.717) is 36.6 Å². The summed E-state index contributed by atoms with van der Waals surface area (Å²) in [5.41, 5.74) is -0.754. The molecular formula is C31H41BrClN3O5. The molecule has 41 heavy (non-hydrogen) atoms. The molecule has 3 aliphatic heterocycles. The van der Waals surface area contributed by atoms with Gasteiger partial charge >= 0.3 is 0 Å². The van der Waals surface area contributed by atoms with E-state index in [4.69, 9.17) is 16.3 Å². The standard InChI is InChI=1S/C31H41BrClN3O5/c1-6-13-34(14-7-2)28(38)24-25-29(39)36(20(18-37)16-19(4)5)27(31(25)17-21(32)26(24)41-31)30(40)35(15-8-3)23-12-10-9-11-22(23)33/h6,8-12,19-21,24-27,37H,1,3,7,13-18H2,2,4-5H3/t20-,21?,24-,25+,26-,27?,31?/m1/s1. The van der Waals surface area contributed by atoms with Crippen molar-refractivity contribution < 1.29 is 24.2 Å². The number of anilines is 1. The van der Waals surface area contributed by atoms with Gasteiger partial charge in [-0.3, -0.25) is 14.4 Å². The molecule has 3 fully saturated rings. The maximum atomic E-state index is 14.7. The van der Waals surface area contributed by atoms with E-state index >= 15 is 0 Å². The van der Waals surface area contributed by atoms with Crippen LogP contribution < -0.4 is 4.90 Å². The number of carbonyl (C=O) groups excluding carboxylic acids is 3. The quantitative estimate of drug-likeness (QED) is 0.252. The number of carbonyl (C=O) groups is 3. The lowest BCUT2D eigenvalue weighted by molar-refractivity contribution is -0.147. The molecule has 3 aliphatic rings. The summed E-state index contributed by atoms with van der Waals surface area (Å²) in [6.07, 6.45) is 4.34. The third kappa shape index (κ3) is 5.51. The monoisotopic (exact) mass is 649 g/mol. The topological polar surface area (TPSA) is 90.4 Å². The second-order valence-corrected chi connectivity index (χ2v) is 13.2. The predicted molar refractivity (Wildman–Crippen MR) is 164 cm³/mol. The summed E-state index contributed by atoms with van der Waals surface area (Å²) in [6.45, 7) is 14.4. The van der Waals surface area contributed by atoms with Crippen LogP contribution in [-0.4, -0.2) is 87.5 Å². The number of likely N-dealkylation sites (tertiary alicyclic amines) is 1. The number of aliphatic hydroxyl groups is 1. The molecule has 0 saturated carbocycles. The lowest BCUT2D eigenvalue weighted by Gasteiger charge is -2.40. The zero-order chi connectivity index (χ0) is 30.1. The van der Waals surface area contributed by atoms with Crippen LogP contribution in [0.2, 0.25) is 5.02 Å². The first-order valence-corrected chi connectivity index (χ1v) is 15.7. The van der Waals surface area contributed by atoms with Crippen LogP contribution in [0.15, 0.2) is 49.6 Å². The first-order valence-electron chi connectivity index (χ1n) is 14.4. The molecule has 0 radical (unpaired) electrons. The number of alkyl halides is 1. The number of amides is 3. The van der Waals surface area contributed by atoms with Crippen molar-refractivity contribution in [1.82, 2.24) is 9.80 Å². The number of halogens is 2. The molecular weight excluding hydrogens is 610 g/mol. The summed E-state index contributed by atoms with van der Waals surface area (Å²) >= 11 is 10.3. The largest absolute Gasteiger partial charge is 0.394 e. The Bertz CT molecular complexity index is 1180. The van der Waals surface area contributed by atoms with Crippen molar-refractivity contribution in [1.29, 1.82) is 0 Å². The Morgan fingerprint density at radius 3 is 2.51 bits per heavy atom. The molecule has 4 rings (SSSR count). The van der Waals surface area contributed by atoms with E-state index in [1.165, 1.54) is 9.80 Å². The van der Waals surface area contributed by atoms with Crippen molar-refractivity contribution in [2.24, 2.45) is 17.8 Å². The minimum atomic E-state index is -1.25. The van der Waals surface area contributed by atoms with Gasteiger partial charge < -0.3 is 24.5 Å². The van der Waals surface area contributed by atoms with Crippen molar-refractivity contribution in [2.45, 2.75) is 68.6 Å². The van der Waals surface area contributed by atoms with Gasteiger partial charge in [-0.2, -0.15) is 0 Å². The Balaban J connectivity index is 1.86. The highest BCUT2D eigenvalue weighted by atomic mass is 79.9. The van der Waals surface area contributed by atoms with Crippen LogP contribution >= 0.6 is 27.5 Å². The van der Waals surface area contributed by atoms with Crippen LogP contribution in [-0.2, 0) is 19.1 Å². The molecule has 3 amide bonds. The van der Waals surface area contributed by atoms with Gasteiger partial charge in [0.25, 0.3) is 5.91 Å². The number of hydrogen-bond acceptors (Lipinski definition) is 5. The van der Waals surface area contributed by atoms with Crippen molar-refractivity contribution >= 4 is 50.9 Å². The van der Waals surface area contributed by atoms with E-state index in [-0.39, 0.29) is 41.6 Å². The Morgan fingerprint density at radius 2 is 1.93 bits per heavy atom. The first kappa shape index (κ1) is 31.7. The van der Waals surface area contributed by atoms with Gasteiger partial charge in [0.1, 0.15) is 11.6 Å². The lowest BCUT2D eigenvalue weighted by Crippen LogP contribution is -2.59. The number of aliphatic hydroxyl groups excluding tert-OH is 1. The number of nitrogens with zero attached hydrogens (tertiary/aromatic N) is 3. The third-order valence-corrected chi connectivity index (χ3v) is 9.63. The lowest BCUT2D eigenvalue weighted by atomic mass is 9.70. The first-order chi connectivity index (χ1) is 19.6. The molecule has 2 bridgehead atoms. The van der Waals surface area contributed by atoms with Crippen LogP contribution in [0.25, 0.3) is 0 Å². The highest BCUT2D eigenvalue weighted by Gasteiger charge is 2.77. The zero-order valence-corrected chi connectivity index (χ0v) is 26.4. The van der Waals surface area contributed by atoms with E-state index < -0.39 is 35.6 Å². The van der Waals surface area contributed by atoms with Gasteiger partial charge in [-0.05, 0) is 37.3 Å². The second kappa shape index (κ2) is 13.0. The van der Waals surface area contributed by atoms with Crippen LogP contribution in [0.3, 0.4) is 0 Å². The molecule has 1 aromatic carbocycles. The van der Waals surface area contributed by atoms with Crippen molar-refractivity contribution in [3.05, 3.63) is 54.6 Å². The zero-order valence-electron chi connectivity index (χ0n) is 24.0. The van der Waals surface area contributed by atoms with E-state index in [9.17, 15) is 19.5 Å². The number of hydrogen-bond donors (Lipinski definition) is 1. The molecule has 3 heterocycles. The molecule has 224 valence electrons. The van der Waals surface area contributed by atoms with Gasteiger partial charge in [0.15, 0.2) is 0 Å². The Labute approximate surface area is 256 Å². The highest BCUT2D eigenvalue weighted by molar-refractivity contribution is 9.09. The van der Waals surface area contributed by atoms with Crippen molar-refractivity contribution in [3.63, 3.8) is 0 Å². The van der Waals surface area contributed by atoms with Gasteiger partial charge in [0.05, 0.1) is 41.3 Å². The molecule has 8 nitrogen and oxygen atoms in total. The maximum Gasteiger partial charge on any atom is 0.253 e. The van der Waals surface area contributed by atoms with Gasteiger partial charge in [0, 0.05) is 24.5 Å². The second-order valence-electron chi connectivity index (χ2n) is 11.6. The molecule has 1 spiro atoms. The number of rotatable bonds is 13. The fourth-order valence-corrected chi connectivity index (χ4v) is 8.21. The molecule has 1 N–H and O–H groups in total. The minimum Gasteiger partial charge on any atom is -0.394 e. The van der Waals surface area contributed by atoms with Gasteiger partial charge in [-0.15, -0.1) is 13.2 Å². The molecule has 1 aromatic rings. The summed E-state index contributed by atoms with van der Waals surface area (Å²) in [5, 5.41) is 10.9. The van der Waals surface area contributed by atoms with Crippen molar-refractivity contribution in [2.75, 3.05) is 31.1 Å². The summed E-state index contributed by atoms with van der Waals surface area (Å²) in [5.74, 6) is -2.35. The van der Waals surface area contributed by atoms with E-state index in [2.05, 4.69) is 29.1 Å². The average molecular weight is 651 g/mol. The van der Waals surface area contributed by atoms with Crippen LogP contribution in [0, 0.1) is 17.8 Å². The molecule has 3 saturated heterocycles. The summed E-state index contributed by atoms with van der Waals surface area (Å²) in [6, 6.07) is 5.35. The van der Waals surface area contributed by atoms with E-state index in [1.54, 1.807) is 41.3 Å². The molecule has 0 aromatic heterocycles. The molecule has 7 atom stereocenters. The number of para-hydroxylation sites is 1. The predicted octanol–water partition coefficient (Wildman–Crippen LogP) is 4.44. The van der Waals surface area contributed by atoms with Gasteiger partial charge in [-0.25, -0.2) is 0 Å². The number of benzene rings is 1. The molecule has 0 aliphatic carbocycles. The molecule has 3 unspecified atom stereocenters. The fraction of sp³-hybridized carbons (Fsp3) is 0.581. The normalized spacial score (nSPS) is 29.0. The van der Waals surface area contributed by atoms with Gasteiger partial charge in [-0.1, -0.05) is 72.6 Å². The van der Waals surface area contributed by atoms with E-state index in [1.807, 2.05) is 20.8 Å².